The zero-order valence-corrected chi connectivity index (χ0v) is 36.3. The highest BCUT2D eigenvalue weighted by molar-refractivity contribution is 5.98. The number of unbranched alkanes of at least 4 members (excludes halogenated alkanes) is 1. The number of hydrogen-bond acceptors (Lipinski definition) is 14. The number of nitrogens with two attached hydrogens (primary N) is 3. The lowest BCUT2D eigenvalue weighted by Gasteiger charge is -2.28. The number of hydrogen-bond donors (Lipinski definition) is 15. The van der Waals surface area contributed by atoms with Gasteiger partial charge in [-0.15, -0.1) is 0 Å². The molecule has 0 unspecified atom stereocenters. The predicted molar refractivity (Wildman–Crippen MR) is 224 cm³/mol. The maximum Gasteiger partial charge on any atom is 0.326 e. The third kappa shape index (κ3) is 19.7. The van der Waals surface area contributed by atoms with E-state index in [1.165, 1.54) is 45.0 Å². The van der Waals surface area contributed by atoms with Crippen LogP contribution in [0.1, 0.15) is 71.8 Å². The van der Waals surface area contributed by atoms with Crippen molar-refractivity contribution in [3.8, 4) is 5.75 Å². The topological polar surface area (TPSA) is 442 Å². The average molecular weight is 911 g/mol. The number of aliphatic carboxylic acids is 1. The van der Waals surface area contributed by atoms with Crippen LogP contribution < -0.4 is 60.2 Å². The molecule has 64 heavy (non-hydrogen) atoms. The quantitative estimate of drug-likeness (QED) is 0.0332. The van der Waals surface area contributed by atoms with Crippen molar-refractivity contribution < 1.29 is 74.1 Å². The normalized spacial score (nSPS) is 15.3. The Morgan fingerprint density at radius 2 is 1.08 bits per heavy atom. The third-order valence-corrected chi connectivity index (χ3v) is 9.51. The largest absolute Gasteiger partial charge is 0.508 e. The average Bonchev–Trinajstić information content (AvgIpc) is 3.21. The summed E-state index contributed by atoms with van der Waals surface area (Å²) in [4.78, 5) is 129. The molecule has 25 heteroatoms. The minimum atomic E-state index is -1.85. The molecule has 0 saturated carbocycles. The van der Waals surface area contributed by atoms with Crippen LogP contribution in [0.4, 0.5) is 0 Å². The molecule has 0 saturated heterocycles. The number of amides is 9. The van der Waals surface area contributed by atoms with Gasteiger partial charge in [-0.2, -0.15) is 0 Å². The third-order valence-electron chi connectivity index (χ3n) is 9.51. The second-order valence-corrected chi connectivity index (χ2v) is 15.5. The van der Waals surface area contributed by atoms with Gasteiger partial charge in [0.1, 0.15) is 48.0 Å². The maximum atomic E-state index is 14.0. The number of aliphatic hydroxyl groups excluding tert-OH is 2. The summed E-state index contributed by atoms with van der Waals surface area (Å²) in [6, 6.07) is -6.72. The van der Waals surface area contributed by atoms with E-state index in [-0.39, 0.29) is 18.6 Å². The first kappa shape index (κ1) is 55.6. The van der Waals surface area contributed by atoms with Gasteiger partial charge in [0, 0.05) is 12.8 Å². The van der Waals surface area contributed by atoms with Crippen molar-refractivity contribution in [1.29, 1.82) is 0 Å². The van der Waals surface area contributed by atoms with Crippen molar-refractivity contribution in [1.82, 2.24) is 37.2 Å². The van der Waals surface area contributed by atoms with Crippen molar-refractivity contribution >= 4 is 59.1 Å². The molecule has 0 aliphatic heterocycles. The maximum absolute atomic E-state index is 14.0. The molecule has 9 atom stereocenters. The number of benzene rings is 1. The van der Waals surface area contributed by atoms with Crippen molar-refractivity contribution in [3.63, 3.8) is 0 Å². The Labute approximate surface area is 368 Å². The van der Waals surface area contributed by atoms with Crippen LogP contribution in [-0.2, 0) is 54.4 Å². The molecule has 0 fully saturated rings. The highest BCUT2D eigenvalue weighted by atomic mass is 16.4. The first-order valence-electron chi connectivity index (χ1n) is 20.5. The Morgan fingerprint density at radius 3 is 1.56 bits per heavy atom. The molecule has 0 heterocycles. The van der Waals surface area contributed by atoms with Crippen molar-refractivity contribution in [2.24, 2.45) is 23.1 Å². The number of carboxylic acid groups (broad SMARTS) is 1. The number of aliphatic hydroxyl groups is 2. The minimum absolute atomic E-state index is 0.0608. The molecular formula is C39H64N11O14+. The van der Waals surface area contributed by atoms with Crippen molar-refractivity contribution in [2.75, 3.05) is 13.2 Å². The van der Waals surface area contributed by atoms with Crippen LogP contribution in [0, 0.1) is 5.92 Å². The number of carbonyl (C=O) groups excluding carboxylic acids is 9. The summed E-state index contributed by atoms with van der Waals surface area (Å²) in [5.74, 6) is -11.2. The Bertz CT molecular complexity index is 1790. The summed E-state index contributed by atoms with van der Waals surface area (Å²) in [5, 5.41) is 55.8. The molecule has 1 aromatic rings. The second-order valence-electron chi connectivity index (χ2n) is 15.5. The summed E-state index contributed by atoms with van der Waals surface area (Å²) < 4.78 is 0. The number of carbonyl (C=O) groups is 10. The van der Waals surface area contributed by atoms with E-state index in [0.29, 0.717) is 24.9 Å². The molecule has 9 amide bonds. The van der Waals surface area contributed by atoms with Gasteiger partial charge in [0.25, 0.3) is 0 Å². The first-order valence-corrected chi connectivity index (χ1v) is 20.5. The lowest BCUT2D eigenvalue weighted by molar-refractivity contribution is -0.368. The van der Waals surface area contributed by atoms with Gasteiger partial charge in [-0.1, -0.05) is 26.0 Å². The van der Waals surface area contributed by atoms with Gasteiger partial charge in [-0.05, 0) is 63.1 Å². The van der Waals surface area contributed by atoms with Crippen LogP contribution in [0.25, 0.3) is 0 Å². The molecule has 0 bridgehead atoms. The second kappa shape index (κ2) is 27.6. The zero-order valence-electron chi connectivity index (χ0n) is 36.3. The SMILES string of the molecule is CC(C)[C@H](NC(=O)[C@H](CO)NC(=O)[C@@H](NC(=O)[C@H](CCC(N)=O)NC(=O)[C@H](CCCC[NH3+])NC(=O)[C@H](Cc1ccc(O)cc1)NC(=O)[C@H](CC(N)=O)NC(=O)[C@H](C)N)[C@@H](C)O)C(=O)O. The monoisotopic (exact) mass is 910 g/mol. The van der Waals surface area contributed by atoms with Crippen LogP contribution in [-0.4, -0.2) is 147 Å². The fourth-order valence-electron chi connectivity index (χ4n) is 5.84. The van der Waals surface area contributed by atoms with Crippen LogP contribution >= 0.6 is 0 Å². The molecule has 1 rings (SSSR count). The Balaban J connectivity index is 3.49. The molecule has 20 N–H and O–H groups in total. The van der Waals surface area contributed by atoms with Crippen LogP contribution in [0.5, 0.6) is 5.75 Å². The molecule has 0 aromatic heterocycles. The standard InChI is InChI=1S/C39H63N11O14/c1-18(2)30(39(63)64)49-37(61)27(17-51)48-38(62)31(20(4)52)50-34(58)24(12-13-28(42)54)45-33(57)23(7-5-6-14-40)44-35(59)25(15-21-8-10-22(53)11-9-21)47-36(60)26(16-29(43)55)46-32(56)19(3)41/h8-11,18-20,23-27,30-31,51-53H,5-7,12-17,40-41H2,1-4H3,(H2,42,54)(H2,43,55)(H,44,59)(H,45,57)(H,46,56)(H,47,60)(H,48,62)(H,49,61)(H,50,58)(H,63,64)/p+1/t19-,20+,23-,24-,25-,26-,27-,30-,31-/m0/s1. The number of phenolic OH excluding ortho intramolecular Hbond substituents is 1. The van der Waals surface area contributed by atoms with E-state index in [2.05, 4.69) is 43.0 Å². The Hall–Kier alpha value is -6.44. The predicted octanol–water partition coefficient (Wildman–Crippen LogP) is -6.66. The van der Waals surface area contributed by atoms with Gasteiger partial charge in [0.05, 0.1) is 31.7 Å². The van der Waals surface area contributed by atoms with E-state index in [0.717, 1.165) is 6.92 Å². The fourth-order valence-corrected chi connectivity index (χ4v) is 5.84. The molecule has 0 spiro atoms. The molecule has 1 aromatic carbocycles. The van der Waals surface area contributed by atoms with E-state index in [9.17, 15) is 68.4 Å². The van der Waals surface area contributed by atoms with Crippen LogP contribution in [0.15, 0.2) is 24.3 Å². The van der Waals surface area contributed by atoms with Gasteiger partial charge < -0.3 is 80.6 Å². The zero-order chi connectivity index (χ0) is 48.8. The van der Waals surface area contributed by atoms with E-state index in [1.54, 1.807) is 0 Å². The molecule has 0 radical (unpaired) electrons. The number of phenols is 1. The molecule has 0 aliphatic carbocycles. The Kier molecular flexibility index (Phi) is 24.0. The summed E-state index contributed by atoms with van der Waals surface area (Å²) in [7, 11) is 0. The molecule has 358 valence electrons. The summed E-state index contributed by atoms with van der Waals surface area (Å²) in [5.41, 5.74) is 20.4. The van der Waals surface area contributed by atoms with Crippen LogP contribution in [0.2, 0.25) is 0 Å². The number of carboxylic acids is 1. The number of rotatable bonds is 29. The molecule has 25 nitrogen and oxygen atoms in total. The minimum Gasteiger partial charge on any atom is -0.508 e. The number of primary amides is 2. The van der Waals surface area contributed by atoms with Crippen LogP contribution in [0.3, 0.4) is 0 Å². The van der Waals surface area contributed by atoms with Crippen molar-refractivity contribution in [3.05, 3.63) is 29.8 Å². The molecule has 0 aliphatic rings. The summed E-state index contributed by atoms with van der Waals surface area (Å²) in [6.45, 7) is 4.85. The van der Waals surface area contributed by atoms with Gasteiger partial charge in [-0.3, -0.25) is 43.2 Å². The van der Waals surface area contributed by atoms with Crippen molar-refractivity contribution in [2.45, 2.75) is 127 Å². The lowest BCUT2D eigenvalue weighted by atomic mass is 10.0. The van der Waals surface area contributed by atoms with E-state index in [1.807, 2.05) is 0 Å². The smallest absolute Gasteiger partial charge is 0.326 e. The van der Waals surface area contributed by atoms with Gasteiger partial charge >= 0.3 is 5.97 Å². The number of quaternary nitrogens is 1. The van der Waals surface area contributed by atoms with E-state index in [4.69, 9.17) is 17.2 Å². The number of nitrogens with one attached hydrogen (secondary N) is 7. The van der Waals surface area contributed by atoms with E-state index < -0.39 is 145 Å². The molecular weight excluding hydrogens is 846 g/mol. The highest BCUT2D eigenvalue weighted by Crippen LogP contribution is 2.13. The number of aromatic hydroxyl groups is 1. The Morgan fingerprint density at radius 1 is 0.609 bits per heavy atom. The highest BCUT2D eigenvalue weighted by Gasteiger charge is 2.36. The summed E-state index contributed by atoms with van der Waals surface area (Å²) >= 11 is 0. The van der Waals surface area contributed by atoms with E-state index >= 15 is 0 Å². The van der Waals surface area contributed by atoms with Gasteiger partial charge in [-0.25, -0.2) is 4.79 Å². The van der Waals surface area contributed by atoms with Gasteiger partial charge in [0.15, 0.2) is 0 Å². The fraction of sp³-hybridized carbons (Fsp3) is 0.590. The lowest BCUT2D eigenvalue weighted by Crippen LogP contribution is -2.62. The van der Waals surface area contributed by atoms with Gasteiger partial charge in [0.2, 0.25) is 53.2 Å². The first-order chi connectivity index (χ1) is 29.9. The summed E-state index contributed by atoms with van der Waals surface area (Å²) in [6.07, 6.45) is -2.83.